The molecule has 3 aromatic carbocycles. The highest BCUT2D eigenvalue weighted by Crippen LogP contribution is 2.25. The highest BCUT2D eigenvalue weighted by molar-refractivity contribution is 5.71. The first kappa shape index (κ1) is 22.2. The monoisotopic (exact) mass is 432 g/mol. The van der Waals surface area contributed by atoms with Crippen molar-refractivity contribution in [1.82, 2.24) is 0 Å². The van der Waals surface area contributed by atoms with Crippen molar-refractivity contribution in [3.05, 3.63) is 108 Å². The second-order valence-electron chi connectivity index (χ2n) is 7.83. The van der Waals surface area contributed by atoms with E-state index in [9.17, 15) is 4.79 Å². The summed E-state index contributed by atoms with van der Waals surface area (Å²) in [5, 5.41) is 0. The summed E-state index contributed by atoms with van der Waals surface area (Å²) in [7, 11) is 0. The fourth-order valence-electron chi connectivity index (χ4n) is 3.71. The first-order valence-electron chi connectivity index (χ1n) is 10.9. The van der Waals surface area contributed by atoms with Gasteiger partial charge in [-0.1, -0.05) is 91.0 Å². The molecule has 0 bridgehead atoms. The van der Waals surface area contributed by atoms with Crippen LogP contribution in [0.2, 0.25) is 0 Å². The smallest absolute Gasteiger partial charge is 0.308 e. The number of ether oxygens (including phenoxy) is 4. The Bertz CT molecular complexity index is 946. The van der Waals surface area contributed by atoms with Gasteiger partial charge in [0.2, 0.25) is 0 Å². The van der Waals surface area contributed by atoms with E-state index in [4.69, 9.17) is 18.9 Å². The molecular weight excluding hydrogens is 404 g/mol. The zero-order chi connectivity index (χ0) is 22.0. The molecule has 166 valence electrons. The Morgan fingerprint density at radius 3 is 1.75 bits per heavy atom. The van der Waals surface area contributed by atoms with Crippen LogP contribution in [0.15, 0.2) is 91.0 Å². The molecule has 0 radical (unpaired) electrons. The highest BCUT2D eigenvalue weighted by atomic mass is 16.6. The van der Waals surface area contributed by atoms with Crippen LogP contribution in [-0.4, -0.2) is 30.9 Å². The average molecular weight is 433 g/mol. The minimum absolute atomic E-state index is 0.154. The van der Waals surface area contributed by atoms with E-state index in [1.807, 2.05) is 91.0 Å². The third-order valence-electron chi connectivity index (χ3n) is 5.37. The van der Waals surface area contributed by atoms with E-state index < -0.39 is 18.3 Å². The topological polar surface area (TPSA) is 54.0 Å². The second-order valence-corrected chi connectivity index (χ2v) is 7.83. The molecule has 0 aliphatic carbocycles. The molecule has 0 N–H and O–H groups in total. The van der Waals surface area contributed by atoms with Crippen molar-refractivity contribution in [2.24, 2.45) is 0 Å². The van der Waals surface area contributed by atoms with E-state index >= 15 is 0 Å². The van der Waals surface area contributed by atoms with Crippen molar-refractivity contribution >= 4 is 5.97 Å². The van der Waals surface area contributed by atoms with Crippen LogP contribution in [-0.2, 0) is 43.6 Å². The van der Waals surface area contributed by atoms with E-state index in [2.05, 4.69) is 0 Å². The van der Waals surface area contributed by atoms with Crippen LogP contribution in [0.4, 0.5) is 0 Å². The minimum atomic E-state index is -0.538. The lowest BCUT2D eigenvalue weighted by atomic mass is 10.0. The van der Waals surface area contributed by atoms with Gasteiger partial charge in [-0.3, -0.25) is 4.79 Å². The van der Waals surface area contributed by atoms with Crippen molar-refractivity contribution in [1.29, 1.82) is 0 Å². The Morgan fingerprint density at radius 2 is 1.19 bits per heavy atom. The van der Waals surface area contributed by atoms with Crippen LogP contribution in [0.25, 0.3) is 0 Å². The number of carbonyl (C=O) groups is 1. The van der Waals surface area contributed by atoms with Gasteiger partial charge in [0.15, 0.2) is 6.10 Å². The maximum atomic E-state index is 12.3. The van der Waals surface area contributed by atoms with Crippen molar-refractivity contribution < 1.29 is 23.7 Å². The lowest BCUT2D eigenvalue weighted by Crippen LogP contribution is -2.51. The van der Waals surface area contributed by atoms with Crippen molar-refractivity contribution in [2.75, 3.05) is 6.61 Å². The zero-order valence-corrected chi connectivity index (χ0v) is 18.0. The molecule has 5 heteroatoms. The third-order valence-corrected chi connectivity index (χ3v) is 5.37. The van der Waals surface area contributed by atoms with Crippen LogP contribution >= 0.6 is 0 Å². The number of esters is 1. The molecule has 0 unspecified atom stereocenters. The van der Waals surface area contributed by atoms with Crippen molar-refractivity contribution in [2.45, 2.75) is 44.6 Å². The average Bonchev–Trinajstić information content (AvgIpc) is 2.84. The largest absolute Gasteiger partial charge is 0.457 e. The van der Waals surface area contributed by atoms with Crippen LogP contribution in [0.3, 0.4) is 0 Å². The molecule has 32 heavy (non-hydrogen) atoms. The summed E-state index contributed by atoms with van der Waals surface area (Å²) in [6, 6.07) is 29.8. The predicted molar refractivity (Wildman–Crippen MR) is 121 cm³/mol. The third kappa shape index (κ3) is 6.50. The van der Waals surface area contributed by atoms with Gasteiger partial charge in [-0.05, 0) is 16.7 Å². The van der Waals surface area contributed by atoms with E-state index in [1.165, 1.54) is 0 Å². The SMILES string of the molecule is O=C1C[C@@H](OCc2ccccc2)[C@@H](OCc2ccccc2)[C@@H](COCc2ccccc2)O1. The molecule has 5 nitrogen and oxygen atoms in total. The number of cyclic esters (lactones) is 1. The Balaban J connectivity index is 1.42. The lowest BCUT2D eigenvalue weighted by molar-refractivity contribution is -0.205. The molecule has 0 amide bonds. The van der Waals surface area contributed by atoms with Gasteiger partial charge in [-0.25, -0.2) is 0 Å². The van der Waals surface area contributed by atoms with E-state index in [0.29, 0.717) is 19.8 Å². The van der Waals surface area contributed by atoms with E-state index in [-0.39, 0.29) is 19.0 Å². The normalized spacial score (nSPS) is 20.6. The molecule has 1 saturated heterocycles. The first-order chi connectivity index (χ1) is 15.8. The summed E-state index contributed by atoms with van der Waals surface area (Å²) in [6.45, 7) is 1.49. The van der Waals surface area contributed by atoms with Gasteiger partial charge in [0.1, 0.15) is 6.10 Å². The molecule has 0 saturated carbocycles. The van der Waals surface area contributed by atoms with Gasteiger partial charge in [-0.15, -0.1) is 0 Å². The van der Waals surface area contributed by atoms with Crippen LogP contribution < -0.4 is 0 Å². The number of hydrogen-bond acceptors (Lipinski definition) is 5. The summed E-state index contributed by atoms with van der Waals surface area (Å²) in [5.74, 6) is -0.295. The molecule has 1 aliphatic rings. The molecule has 1 fully saturated rings. The van der Waals surface area contributed by atoms with Crippen LogP contribution in [0.5, 0.6) is 0 Å². The predicted octanol–water partition coefficient (Wildman–Crippen LogP) is 4.69. The zero-order valence-electron chi connectivity index (χ0n) is 18.0. The lowest BCUT2D eigenvalue weighted by Gasteiger charge is -2.37. The summed E-state index contributed by atoms with van der Waals surface area (Å²) < 4.78 is 23.9. The molecule has 0 aromatic heterocycles. The maximum absolute atomic E-state index is 12.3. The Kier molecular flexibility index (Phi) is 8.04. The fraction of sp³-hybridized carbons (Fsp3) is 0.296. The second kappa shape index (κ2) is 11.6. The fourth-order valence-corrected chi connectivity index (χ4v) is 3.71. The van der Waals surface area contributed by atoms with Crippen molar-refractivity contribution in [3.63, 3.8) is 0 Å². The number of benzene rings is 3. The minimum Gasteiger partial charge on any atom is -0.457 e. The molecule has 4 rings (SSSR count). The van der Waals surface area contributed by atoms with Gasteiger partial charge in [0.25, 0.3) is 0 Å². The van der Waals surface area contributed by atoms with Gasteiger partial charge in [0.05, 0.1) is 39.0 Å². The van der Waals surface area contributed by atoms with Crippen LogP contribution in [0.1, 0.15) is 23.1 Å². The number of carbonyl (C=O) groups excluding carboxylic acids is 1. The van der Waals surface area contributed by atoms with Crippen LogP contribution in [0, 0.1) is 0 Å². The molecule has 3 aromatic rings. The quantitative estimate of drug-likeness (QED) is 0.435. The maximum Gasteiger partial charge on any atom is 0.308 e. The van der Waals surface area contributed by atoms with E-state index in [1.54, 1.807) is 0 Å². The first-order valence-corrected chi connectivity index (χ1v) is 10.9. The standard InChI is InChI=1S/C27H28O5/c28-26-16-24(30-18-22-12-6-2-7-13-22)27(31-19-23-14-8-3-9-15-23)25(32-26)20-29-17-21-10-4-1-5-11-21/h1-15,24-25,27H,16-20H2/t24-,25-,27-/m1/s1. The molecule has 1 aliphatic heterocycles. The highest BCUT2D eigenvalue weighted by Gasteiger charge is 2.40. The Hall–Kier alpha value is -2.99. The van der Waals surface area contributed by atoms with Gasteiger partial charge >= 0.3 is 5.97 Å². The molecule has 1 heterocycles. The summed E-state index contributed by atoms with van der Waals surface area (Å²) >= 11 is 0. The molecule has 0 spiro atoms. The van der Waals surface area contributed by atoms with Gasteiger partial charge in [0, 0.05) is 0 Å². The van der Waals surface area contributed by atoms with E-state index in [0.717, 1.165) is 16.7 Å². The van der Waals surface area contributed by atoms with Gasteiger partial charge in [-0.2, -0.15) is 0 Å². The number of rotatable bonds is 10. The Labute approximate surface area is 188 Å². The van der Waals surface area contributed by atoms with Gasteiger partial charge < -0.3 is 18.9 Å². The Morgan fingerprint density at radius 1 is 0.688 bits per heavy atom. The summed E-state index contributed by atoms with van der Waals surface area (Å²) in [6.07, 6.45) is -1.22. The molecular formula is C27H28O5. The summed E-state index contributed by atoms with van der Waals surface area (Å²) in [4.78, 5) is 12.3. The number of hydrogen-bond donors (Lipinski definition) is 0. The summed E-state index contributed by atoms with van der Waals surface area (Å²) in [5.41, 5.74) is 3.16. The molecule has 3 atom stereocenters. The van der Waals surface area contributed by atoms with Crippen molar-refractivity contribution in [3.8, 4) is 0 Å².